The lowest BCUT2D eigenvalue weighted by Crippen LogP contribution is -2.27. The minimum absolute atomic E-state index is 0.675. The first-order valence-corrected chi connectivity index (χ1v) is 7.84. The van der Waals surface area contributed by atoms with Crippen LogP contribution in [0.3, 0.4) is 0 Å². The van der Waals surface area contributed by atoms with E-state index in [9.17, 15) is 0 Å². The van der Waals surface area contributed by atoms with Gasteiger partial charge in [0.1, 0.15) is 0 Å². The van der Waals surface area contributed by atoms with Gasteiger partial charge < -0.3 is 10.6 Å². The van der Waals surface area contributed by atoms with Crippen molar-refractivity contribution >= 4 is 23.0 Å². The van der Waals surface area contributed by atoms with Crippen molar-refractivity contribution in [3.8, 4) is 0 Å². The van der Waals surface area contributed by atoms with Gasteiger partial charge in [-0.1, -0.05) is 35.9 Å². The highest BCUT2D eigenvalue weighted by atomic mass is 32.1. The summed E-state index contributed by atoms with van der Waals surface area (Å²) in [5, 5.41) is 7.20. The Kier molecular flexibility index (Phi) is 4.20. The average Bonchev–Trinajstić information content (AvgIpc) is 2.94. The van der Waals surface area contributed by atoms with Gasteiger partial charge in [-0.3, -0.25) is 0 Å². The summed E-state index contributed by atoms with van der Waals surface area (Å²) in [6.45, 7) is 2.84. The number of benzene rings is 2. The van der Waals surface area contributed by atoms with E-state index in [1.807, 2.05) is 0 Å². The molecule has 0 spiro atoms. The molecule has 0 unspecified atom stereocenters. The first-order valence-electron chi connectivity index (χ1n) is 7.43. The second kappa shape index (κ2) is 6.27. The van der Waals surface area contributed by atoms with E-state index in [1.54, 1.807) is 0 Å². The highest BCUT2D eigenvalue weighted by molar-refractivity contribution is 7.80. The minimum atomic E-state index is 0.675. The Morgan fingerprint density at radius 3 is 2.62 bits per heavy atom. The number of hydrogen-bond acceptors (Lipinski definition) is 1. The third-order valence-electron chi connectivity index (χ3n) is 3.93. The summed E-state index contributed by atoms with van der Waals surface area (Å²) in [4.78, 5) is 0. The Hall–Kier alpha value is -1.87. The van der Waals surface area contributed by atoms with Crippen LogP contribution in [0.1, 0.15) is 28.7 Å². The molecule has 108 valence electrons. The molecule has 2 nitrogen and oxygen atoms in total. The number of rotatable bonds is 3. The predicted molar refractivity (Wildman–Crippen MR) is 92.7 cm³/mol. The summed E-state index contributed by atoms with van der Waals surface area (Å²) in [5.41, 5.74) is 6.54. The molecule has 0 heterocycles. The molecule has 1 aliphatic rings. The summed E-state index contributed by atoms with van der Waals surface area (Å²) < 4.78 is 0. The van der Waals surface area contributed by atoms with Crippen LogP contribution in [0.5, 0.6) is 0 Å². The molecule has 0 radical (unpaired) electrons. The number of nitrogens with one attached hydrogen (secondary N) is 2. The molecule has 0 aliphatic heterocycles. The maximum absolute atomic E-state index is 5.37. The van der Waals surface area contributed by atoms with E-state index >= 15 is 0 Å². The number of aryl methyl sites for hydroxylation is 3. The van der Waals surface area contributed by atoms with Crippen molar-refractivity contribution in [3.05, 3.63) is 64.7 Å². The van der Waals surface area contributed by atoms with Gasteiger partial charge in [-0.05, 0) is 67.2 Å². The molecule has 0 saturated carbocycles. The van der Waals surface area contributed by atoms with Gasteiger partial charge in [-0.2, -0.15) is 0 Å². The predicted octanol–water partition coefficient (Wildman–Crippen LogP) is 3.97. The van der Waals surface area contributed by atoms with Crippen molar-refractivity contribution in [2.24, 2.45) is 0 Å². The summed E-state index contributed by atoms with van der Waals surface area (Å²) >= 11 is 5.37. The standard InChI is InChI=1S/C18H20N2S/c1-13-5-7-14(8-6-13)12-19-18(21)20-17-10-9-15-3-2-4-16(15)11-17/h5-11H,2-4,12H2,1H3,(H2,19,20,21). The van der Waals surface area contributed by atoms with Gasteiger partial charge in [-0.25, -0.2) is 0 Å². The Morgan fingerprint density at radius 2 is 1.81 bits per heavy atom. The summed E-state index contributed by atoms with van der Waals surface area (Å²) in [6, 6.07) is 15.0. The molecular weight excluding hydrogens is 276 g/mol. The molecular formula is C18H20N2S. The molecule has 3 rings (SSSR count). The maximum atomic E-state index is 5.37. The highest BCUT2D eigenvalue weighted by Gasteiger charge is 2.10. The first-order chi connectivity index (χ1) is 10.2. The average molecular weight is 296 g/mol. The SMILES string of the molecule is Cc1ccc(CNC(=S)Nc2ccc3c(c2)CCC3)cc1. The number of thiocarbonyl (C=S) groups is 1. The van der Waals surface area contributed by atoms with Crippen LogP contribution in [-0.4, -0.2) is 5.11 Å². The van der Waals surface area contributed by atoms with E-state index in [2.05, 4.69) is 60.0 Å². The van der Waals surface area contributed by atoms with Crippen molar-refractivity contribution in [1.29, 1.82) is 0 Å². The largest absolute Gasteiger partial charge is 0.358 e. The van der Waals surface area contributed by atoms with Crippen molar-refractivity contribution in [2.45, 2.75) is 32.7 Å². The third-order valence-corrected chi connectivity index (χ3v) is 4.18. The summed E-state index contributed by atoms with van der Waals surface area (Å²) in [5.74, 6) is 0. The second-order valence-electron chi connectivity index (χ2n) is 5.63. The van der Waals surface area contributed by atoms with Crippen LogP contribution in [0.2, 0.25) is 0 Å². The molecule has 3 heteroatoms. The number of fused-ring (bicyclic) bond motifs is 1. The van der Waals surface area contributed by atoms with Crippen LogP contribution in [0.4, 0.5) is 5.69 Å². The smallest absolute Gasteiger partial charge is 0.171 e. The molecule has 0 amide bonds. The molecule has 1 aliphatic carbocycles. The van der Waals surface area contributed by atoms with Crippen molar-refractivity contribution < 1.29 is 0 Å². The molecule has 0 fully saturated rings. The molecule has 2 N–H and O–H groups in total. The normalized spacial score (nSPS) is 12.8. The molecule has 0 atom stereocenters. The van der Waals surface area contributed by atoms with Crippen molar-refractivity contribution in [2.75, 3.05) is 5.32 Å². The van der Waals surface area contributed by atoms with Gasteiger partial charge in [0.15, 0.2) is 5.11 Å². The molecule has 2 aromatic carbocycles. The molecule has 0 aromatic heterocycles. The third kappa shape index (κ3) is 3.61. The number of hydrogen-bond donors (Lipinski definition) is 2. The fourth-order valence-corrected chi connectivity index (χ4v) is 2.90. The molecule has 2 aromatic rings. The topological polar surface area (TPSA) is 24.1 Å². The zero-order valence-electron chi connectivity index (χ0n) is 12.3. The van der Waals surface area contributed by atoms with Gasteiger partial charge in [0.2, 0.25) is 0 Å². The minimum Gasteiger partial charge on any atom is -0.358 e. The Labute approximate surface area is 131 Å². The van der Waals surface area contributed by atoms with E-state index < -0.39 is 0 Å². The van der Waals surface area contributed by atoms with Crippen LogP contribution in [-0.2, 0) is 19.4 Å². The molecule has 21 heavy (non-hydrogen) atoms. The van der Waals surface area contributed by atoms with Gasteiger partial charge >= 0.3 is 0 Å². The van der Waals surface area contributed by atoms with Gasteiger partial charge in [-0.15, -0.1) is 0 Å². The van der Waals surface area contributed by atoms with Crippen LogP contribution in [0.25, 0.3) is 0 Å². The van der Waals surface area contributed by atoms with Gasteiger partial charge in [0, 0.05) is 12.2 Å². The molecule has 0 saturated heterocycles. The second-order valence-corrected chi connectivity index (χ2v) is 6.04. The van der Waals surface area contributed by atoms with Crippen LogP contribution in [0, 0.1) is 6.92 Å². The van der Waals surface area contributed by atoms with Gasteiger partial charge in [0.25, 0.3) is 0 Å². The maximum Gasteiger partial charge on any atom is 0.171 e. The van der Waals surface area contributed by atoms with E-state index in [1.165, 1.54) is 41.5 Å². The zero-order valence-corrected chi connectivity index (χ0v) is 13.1. The quantitative estimate of drug-likeness (QED) is 0.838. The highest BCUT2D eigenvalue weighted by Crippen LogP contribution is 2.24. The van der Waals surface area contributed by atoms with Crippen molar-refractivity contribution in [3.63, 3.8) is 0 Å². The summed E-state index contributed by atoms with van der Waals surface area (Å²) in [7, 11) is 0. The molecule has 0 bridgehead atoms. The van der Waals surface area contributed by atoms with Crippen LogP contribution >= 0.6 is 12.2 Å². The lowest BCUT2D eigenvalue weighted by atomic mass is 10.1. The van der Waals surface area contributed by atoms with E-state index in [0.717, 1.165) is 12.2 Å². The lowest BCUT2D eigenvalue weighted by molar-refractivity contribution is 0.911. The number of anilines is 1. The van der Waals surface area contributed by atoms with Crippen LogP contribution in [0.15, 0.2) is 42.5 Å². The monoisotopic (exact) mass is 296 g/mol. The Morgan fingerprint density at radius 1 is 1.05 bits per heavy atom. The van der Waals surface area contributed by atoms with Crippen molar-refractivity contribution in [1.82, 2.24) is 5.32 Å². The lowest BCUT2D eigenvalue weighted by Gasteiger charge is -2.12. The fraction of sp³-hybridized carbons (Fsp3) is 0.278. The Balaban J connectivity index is 1.55. The zero-order chi connectivity index (χ0) is 14.7. The Bertz CT molecular complexity index is 647. The van der Waals surface area contributed by atoms with E-state index in [0.29, 0.717) is 5.11 Å². The van der Waals surface area contributed by atoms with E-state index in [-0.39, 0.29) is 0 Å². The van der Waals surface area contributed by atoms with Gasteiger partial charge in [0.05, 0.1) is 0 Å². The van der Waals surface area contributed by atoms with E-state index in [4.69, 9.17) is 12.2 Å². The summed E-state index contributed by atoms with van der Waals surface area (Å²) in [6.07, 6.45) is 3.68. The first kappa shape index (κ1) is 14.1. The van der Waals surface area contributed by atoms with Crippen LogP contribution < -0.4 is 10.6 Å². The fourth-order valence-electron chi connectivity index (χ4n) is 2.71.